The van der Waals surface area contributed by atoms with Gasteiger partial charge in [-0.3, -0.25) is 14.6 Å². The molecule has 2 aliphatic rings. The summed E-state index contributed by atoms with van der Waals surface area (Å²) in [6, 6.07) is 0.115. The summed E-state index contributed by atoms with van der Waals surface area (Å²) in [7, 11) is 0. The number of nitrogens with one attached hydrogen (secondary N) is 2. The van der Waals surface area contributed by atoms with Crippen LogP contribution < -0.4 is 10.6 Å². The van der Waals surface area contributed by atoms with Crippen LogP contribution in [0.4, 0.5) is 4.79 Å². The summed E-state index contributed by atoms with van der Waals surface area (Å²) in [4.78, 5) is 27.3. The smallest absolute Gasteiger partial charge is 0.325 e. The molecule has 1 unspecified atom stereocenters. The Bertz CT molecular complexity index is 394. The largest absolute Gasteiger partial charge is 0.395 e. The van der Waals surface area contributed by atoms with Crippen LogP contribution in [0.2, 0.25) is 0 Å². The van der Waals surface area contributed by atoms with Gasteiger partial charge >= 0.3 is 6.03 Å². The standard InChI is InChI=1S/C14H26N4O3/c1-14(2)12(20)18(13(21)16-14)7-6-17(8-9-19)10-11-4-3-5-15-11/h11,15,19H,3-10H2,1-2H3,(H,16,21). The molecule has 7 nitrogen and oxygen atoms in total. The molecule has 3 amide bonds. The summed E-state index contributed by atoms with van der Waals surface area (Å²) >= 11 is 0. The molecule has 0 spiro atoms. The Kier molecular flexibility index (Phi) is 5.18. The molecule has 0 saturated carbocycles. The number of amides is 3. The van der Waals surface area contributed by atoms with Gasteiger partial charge in [0, 0.05) is 32.2 Å². The lowest BCUT2D eigenvalue weighted by molar-refractivity contribution is -0.130. The Labute approximate surface area is 125 Å². The Morgan fingerprint density at radius 2 is 2.14 bits per heavy atom. The minimum Gasteiger partial charge on any atom is -0.395 e. The second-order valence-electron chi connectivity index (χ2n) is 6.33. The minimum absolute atomic E-state index is 0.0817. The molecule has 0 aromatic carbocycles. The Morgan fingerprint density at radius 1 is 1.38 bits per heavy atom. The van der Waals surface area contributed by atoms with Gasteiger partial charge in [0.1, 0.15) is 5.54 Å². The molecule has 2 fully saturated rings. The van der Waals surface area contributed by atoms with Crippen LogP contribution in [0, 0.1) is 0 Å². The van der Waals surface area contributed by atoms with Crippen molar-refractivity contribution < 1.29 is 14.7 Å². The van der Waals surface area contributed by atoms with Crippen molar-refractivity contribution in [3.05, 3.63) is 0 Å². The predicted molar refractivity (Wildman–Crippen MR) is 78.9 cm³/mol. The number of rotatable bonds is 7. The van der Waals surface area contributed by atoms with Gasteiger partial charge in [0.05, 0.1) is 6.61 Å². The van der Waals surface area contributed by atoms with Crippen LogP contribution in [0.25, 0.3) is 0 Å². The Hall–Kier alpha value is -1.18. The van der Waals surface area contributed by atoms with E-state index in [1.54, 1.807) is 13.8 Å². The third-order valence-corrected chi connectivity index (χ3v) is 4.14. The van der Waals surface area contributed by atoms with E-state index >= 15 is 0 Å². The van der Waals surface area contributed by atoms with Crippen molar-refractivity contribution >= 4 is 11.9 Å². The molecule has 0 aliphatic carbocycles. The molecule has 7 heteroatoms. The van der Waals surface area contributed by atoms with Crippen LogP contribution in [0.1, 0.15) is 26.7 Å². The van der Waals surface area contributed by atoms with E-state index in [4.69, 9.17) is 5.11 Å². The van der Waals surface area contributed by atoms with E-state index in [9.17, 15) is 9.59 Å². The monoisotopic (exact) mass is 298 g/mol. The third kappa shape index (κ3) is 3.93. The summed E-state index contributed by atoms with van der Waals surface area (Å²) < 4.78 is 0. The van der Waals surface area contributed by atoms with E-state index in [2.05, 4.69) is 15.5 Å². The molecule has 21 heavy (non-hydrogen) atoms. The number of imide groups is 1. The van der Waals surface area contributed by atoms with Crippen LogP contribution in [-0.2, 0) is 4.79 Å². The lowest BCUT2D eigenvalue weighted by Crippen LogP contribution is -2.45. The van der Waals surface area contributed by atoms with E-state index in [1.807, 2.05) is 0 Å². The maximum atomic E-state index is 12.1. The van der Waals surface area contributed by atoms with Gasteiger partial charge in [-0.2, -0.15) is 0 Å². The minimum atomic E-state index is -0.814. The molecule has 0 aromatic rings. The number of hydrogen-bond acceptors (Lipinski definition) is 5. The first-order valence-electron chi connectivity index (χ1n) is 7.65. The van der Waals surface area contributed by atoms with Crippen LogP contribution in [-0.4, -0.2) is 77.8 Å². The topological polar surface area (TPSA) is 84.9 Å². The number of carbonyl (C=O) groups excluding carboxylic acids is 2. The zero-order chi connectivity index (χ0) is 15.5. The highest BCUT2D eigenvalue weighted by molar-refractivity contribution is 6.06. The first-order chi connectivity index (χ1) is 9.94. The van der Waals surface area contributed by atoms with Crippen molar-refractivity contribution in [1.29, 1.82) is 0 Å². The highest BCUT2D eigenvalue weighted by Crippen LogP contribution is 2.16. The third-order valence-electron chi connectivity index (χ3n) is 4.14. The molecular formula is C14H26N4O3. The van der Waals surface area contributed by atoms with Gasteiger partial charge < -0.3 is 15.7 Å². The Morgan fingerprint density at radius 3 is 2.67 bits per heavy atom. The summed E-state index contributed by atoms with van der Waals surface area (Å²) in [5.74, 6) is -0.185. The summed E-state index contributed by atoms with van der Waals surface area (Å²) in [5, 5.41) is 15.3. The van der Waals surface area contributed by atoms with Crippen LogP contribution in [0.3, 0.4) is 0 Å². The van der Waals surface area contributed by atoms with Crippen molar-refractivity contribution in [2.45, 2.75) is 38.3 Å². The van der Waals surface area contributed by atoms with Crippen molar-refractivity contribution in [1.82, 2.24) is 20.4 Å². The number of nitrogens with zero attached hydrogens (tertiary/aromatic N) is 2. The van der Waals surface area contributed by atoms with Crippen LogP contribution in [0.15, 0.2) is 0 Å². The van der Waals surface area contributed by atoms with Crippen molar-refractivity contribution in [2.24, 2.45) is 0 Å². The second-order valence-corrected chi connectivity index (χ2v) is 6.33. The van der Waals surface area contributed by atoms with Gasteiger partial charge in [-0.15, -0.1) is 0 Å². The summed E-state index contributed by atoms with van der Waals surface area (Å²) in [6.45, 7) is 6.90. The van der Waals surface area contributed by atoms with Gasteiger partial charge in [0.2, 0.25) is 0 Å². The normalized spacial score (nSPS) is 25.0. The maximum Gasteiger partial charge on any atom is 0.325 e. The average Bonchev–Trinajstić information content (AvgIpc) is 2.96. The molecular weight excluding hydrogens is 272 g/mol. The predicted octanol–water partition coefficient (Wildman–Crippen LogP) is -0.637. The van der Waals surface area contributed by atoms with Gasteiger partial charge in [0.15, 0.2) is 0 Å². The van der Waals surface area contributed by atoms with E-state index in [0.717, 1.165) is 19.5 Å². The number of carbonyl (C=O) groups is 2. The maximum absolute atomic E-state index is 12.1. The van der Waals surface area contributed by atoms with E-state index < -0.39 is 5.54 Å². The fourth-order valence-corrected chi connectivity index (χ4v) is 2.92. The quantitative estimate of drug-likeness (QED) is 0.545. The zero-order valence-electron chi connectivity index (χ0n) is 12.9. The van der Waals surface area contributed by atoms with Crippen LogP contribution >= 0.6 is 0 Å². The van der Waals surface area contributed by atoms with Gasteiger partial charge in [-0.1, -0.05) is 0 Å². The van der Waals surface area contributed by atoms with E-state index in [-0.39, 0.29) is 18.5 Å². The molecule has 2 saturated heterocycles. The molecule has 2 rings (SSSR count). The lowest BCUT2D eigenvalue weighted by Gasteiger charge is -2.26. The molecule has 0 radical (unpaired) electrons. The highest BCUT2D eigenvalue weighted by atomic mass is 16.3. The molecule has 2 aliphatic heterocycles. The molecule has 1 atom stereocenters. The lowest BCUT2D eigenvalue weighted by atomic mass is 10.1. The Balaban J connectivity index is 1.86. The average molecular weight is 298 g/mol. The molecule has 120 valence electrons. The number of urea groups is 1. The van der Waals surface area contributed by atoms with Crippen molar-refractivity contribution in [2.75, 3.05) is 39.3 Å². The van der Waals surface area contributed by atoms with Gasteiger partial charge in [-0.05, 0) is 33.2 Å². The molecule has 2 heterocycles. The van der Waals surface area contributed by atoms with Crippen LogP contribution in [0.5, 0.6) is 0 Å². The summed E-state index contributed by atoms with van der Waals surface area (Å²) in [5.41, 5.74) is -0.814. The van der Waals surface area contributed by atoms with E-state index in [1.165, 1.54) is 11.3 Å². The highest BCUT2D eigenvalue weighted by Gasteiger charge is 2.43. The second kappa shape index (κ2) is 6.72. The molecule has 3 N–H and O–H groups in total. The first kappa shape index (κ1) is 16.2. The first-order valence-corrected chi connectivity index (χ1v) is 7.65. The summed E-state index contributed by atoms with van der Waals surface area (Å²) in [6.07, 6.45) is 2.32. The van der Waals surface area contributed by atoms with Crippen molar-refractivity contribution in [3.63, 3.8) is 0 Å². The molecule has 0 bridgehead atoms. The fourth-order valence-electron chi connectivity index (χ4n) is 2.92. The van der Waals surface area contributed by atoms with Gasteiger partial charge in [0.25, 0.3) is 5.91 Å². The SMILES string of the molecule is CC1(C)NC(=O)N(CCN(CCO)CC2CCCN2)C1=O. The number of aliphatic hydroxyl groups excluding tert-OH is 1. The zero-order valence-corrected chi connectivity index (χ0v) is 12.9. The molecule has 0 aromatic heterocycles. The number of aliphatic hydroxyl groups is 1. The van der Waals surface area contributed by atoms with Crippen molar-refractivity contribution in [3.8, 4) is 0 Å². The number of hydrogen-bond donors (Lipinski definition) is 3. The fraction of sp³-hybridized carbons (Fsp3) is 0.857. The van der Waals surface area contributed by atoms with E-state index in [0.29, 0.717) is 25.7 Å². The van der Waals surface area contributed by atoms with Gasteiger partial charge in [-0.25, -0.2) is 4.79 Å².